The standard InChI is InChI=1S/C23H30BNO4/c1-21(2,25-20(26)27-16-17-10-8-7-9-11-17)18-12-14-19(15-13-18)24-28-22(3,4)23(5,6)29-24/h7-15H,16H2,1-6H3,(H,25,26). The summed E-state index contributed by atoms with van der Waals surface area (Å²) in [6.07, 6.45) is -0.450. The van der Waals surface area contributed by atoms with Crippen LogP contribution in [0.25, 0.3) is 0 Å². The zero-order chi connectivity index (χ0) is 21.3. The van der Waals surface area contributed by atoms with E-state index in [1.165, 1.54) is 0 Å². The third-order valence-electron chi connectivity index (χ3n) is 5.79. The Balaban J connectivity index is 1.62. The van der Waals surface area contributed by atoms with Crippen LogP contribution in [0.1, 0.15) is 52.7 Å². The Morgan fingerprint density at radius 3 is 2.07 bits per heavy atom. The molecule has 1 fully saturated rings. The van der Waals surface area contributed by atoms with E-state index in [0.717, 1.165) is 16.6 Å². The van der Waals surface area contributed by atoms with Crippen molar-refractivity contribution in [3.05, 3.63) is 65.7 Å². The van der Waals surface area contributed by atoms with Crippen LogP contribution in [0.3, 0.4) is 0 Å². The predicted octanol–water partition coefficient (Wildman–Crippen LogP) is 4.15. The minimum atomic E-state index is -0.581. The molecule has 1 amide bonds. The third-order valence-corrected chi connectivity index (χ3v) is 5.79. The first kappa shape index (κ1) is 21.4. The van der Waals surface area contributed by atoms with Gasteiger partial charge in [-0.15, -0.1) is 0 Å². The summed E-state index contributed by atoms with van der Waals surface area (Å²) in [5.74, 6) is 0. The molecule has 154 valence electrons. The number of nitrogens with one attached hydrogen (secondary N) is 1. The highest BCUT2D eigenvalue weighted by Gasteiger charge is 2.51. The minimum absolute atomic E-state index is 0.240. The van der Waals surface area contributed by atoms with E-state index >= 15 is 0 Å². The van der Waals surface area contributed by atoms with Gasteiger partial charge in [-0.3, -0.25) is 0 Å². The van der Waals surface area contributed by atoms with Gasteiger partial charge in [0.15, 0.2) is 0 Å². The van der Waals surface area contributed by atoms with Gasteiger partial charge in [0.05, 0.1) is 16.7 Å². The molecule has 29 heavy (non-hydrogen) atoms. The van der Waals surface area contributed by atoms with Crippen LogP contribution in [0.15, 0.2) is 54.6 Å². The summed E-state index contributed by atoms with van der Waals surface area (Å²) in [5.41, 5.74) is 1.54. The minimum Gasteiger partial charge on any atom is -0.445 e. The maximum absolute atomic E-state index is 12.3. The topological polar surface area (TPSA) is 56.8 Å². The molecule has 1 N–H and O–H groups in total. The summed E-state index contributed by atoms with van der Waals surface area (Å²) in [4.78, 5) is 12.3. The molecule has 0 unspecified atom stereocenters. The van der Waals surface area contributed by atoms with Crippen LogP contribution < -0.4 is 10.8 Å². The van der Waals surface area contributed by atoms with Gasteiger partial charge in [-0.1, -0.05) is 54.6 Å². The fourth-order valence-electron chi connectivity index (χ4n) is 3.12. The predicted molar refractivity (Wildman–Crippen MR) is 115 cm³/mol. The molecule has 1 saturated heterocycles. The molecule has 3 rings (SSSR count). The normalized spacial score (nSPS) is 17.8. The second-order valence-electron chi connectivity index (χ2n) is 9.02. The van der Waals surface area contributed by atoms with Crippen LogP contribution in [-0.4, -0.2) is 24.4 Å². The van der Waals surface area contributed by atoms with Gasteiger partial charge in [0.1, 0.15) is 6.61 Å². The smallest absolute Gasteiger partial charge is 0.445 e. The number of carbonyl (C=O) groups excluding carboxylic acids is 1. The van der Waals surface area contributed by atoms with Crippen LogP contribution in [0.4, 0.5) is 4.79 Å². The fraction of sp³-hybridized carbons (Fsp3) is 0.435. The maximum Gasteiger partial charge on any atom is 0.494 e. The highest BCUT2D eigenvalue weighted by molar-refractivity contribution is 6.62. The Hall–Kier alpha value is -2.31. The Morgan fingerprint density at radius 1 is 0.966 bits per heavy atom. The molecule has 1 aliphatic heterocycles. The summed E-state index contributed by atoms with van der Waals surface area (Å²) in [7, 11) is -0.402. The zero-order valence-corrected chi connectivity index (χ0v) is 18.1. The van der Waals surface area contributed by atoms with Gasteiger partial charge < -0.3 is 19.4 Å². The molecule has 0 aliphatic carbocycles. The molecule has 0 spiro atoms. The van der Waals surface area contributed by atoms with Crippen LogP contribution in [0.2, 0.25) is 0 Å². The van der Waals surface area contributed by atoms with Crippen molar-refractivity contribution in [1.29, 1.82) is 0 Å². The molecule has 0 bridgehead atoms. The van der Waals surface area contributed by atoms with Gasteiger partial charge in [-0.25, -0.2) is 4.79 Å². The Bertz CT molecular complexity index is 831. The maximum atomic E-state index is 12.3. The fourth-order valence-corrected chi connectivity index (χ4v) is 3.12. The zero-order valence-electron chi connectivity index (χ0n) is 18.1. The highest BCUT2D eigenvalue weighted by Crippen LogP contribution is 2.36. The van der Waals surface area contributed by atoms with Crippen molar-refractivity contribution in [3.63, 3.8) is 0 Å². The second kappa shape index (κ2) is 7.84. The van der Waals surface area contributed by atoms with E-state index in [1.54, 1.807) is 0 Å². The molecular weight excluding hydrogens is 365 g/mol. The van der Waals surface area contributed by atoms with Crippen LogP contribution in [0, 0.1) is 0 Å². The Kier molecular flexibility index (Phi) is 5.79. The van der Waals surface area contributed by atoms with Crippen LogP contribution in [-0.2, 0) is 26.2 Å². The molecule has 0 radical (unpaired) electrons. The molecule has 6 heteroatoms. The lowest BCUT2D eigenvalue weighted by Crippen LogP contribution is -2.41. The summed E-state index contributed by atoms with van der Waals surface area (Å²) in [5, 5.41) is 2.93. The summed E-state index contributed by atoms with van der Waals surface area (Å²) in [6.45, 7) is 12.3. The molecule has 1 heterocycles. The van der Waals surface area contributed by atoms with E-state index in [-0.39, 0.29) is 17.8 Å². The van der Waals surface area contributed by atoms with Crippen molar-refractivity contribution >= 4 is 18.7 Å². The molecule has 2 aromatic carbocycles. The number of amides is 1. The van der Waals surface area contributed by atoms with Gasteiger partial charge in [0, 0.05) is 0 Å². The van der Waals surface area contributed by atoms with Crippen molar-refractivity contribution in [2.75, 3.05) is 0 Å². The van der Waals surface area contributed by atoms with Gasteiger partial charge in [-0.05, 0) is 58.1 Å². The van der Waals surface area contributed by atoms with Crippen LogP contribution >= 0.6 is 0 Å². The number of rotatable bonds is 5. The highest BCUT2D eigenvalue weighted by atomic mass is 16.7. The van der Waals surface area contributed by atoms with Crippen molar-refractivity contribution in [2.24, 2.45) is 0 Å². The lowest BCUT2D eigenvalue weighted by Gasteiger charge is -2.32. The lowest BCUT2D eigenvalue weighted by atomic mass is 9.78. The monoisotopic (exact) mass is 395 g/mol. The van der Waals surface area contributed by atoms with E-state index in [4.69, 9.17) is 14.0 Å². The summed E-state index contributed by atoms with van der Waals surface area (Å²) >= 11 is 0. The van der Waals surface area contributed by atoms with Gasteiger partial charge in [0.2, 0.25) is 0 Å². The number of alkyl carbamates (subject to hydrolysis) is 1. The van der Waals surface area contributed by atoms with Gasteiger partial charge in [0.25, 0.3) is 0 Å². The first-order valence-electron chi connectivity index (χ1n) is 9.95. The molecule has 0 aromatic heterocycles. The van der Waals surface area contributed by atoms with Gasteiger partial charge >= 0.3 is 13.2 Å². The van der Waals surface area contributed by atoms with Crippen molar-refractivity contribution in [2.45, 2.75) is 64.9 Å². The van der Waals surface area contributed by atoms with Crippen molar-refractivity contribution in [1.82, 2.24) is 5.32 Å². The average molecular weight is 395 g/mol. The number of hydrogen-bond acceptors (Lipinski definition) is 4. The quantitative estimate of drug-likeness (QED) is 0.773. The first-order valence-corrected chi connectivity index (χ1v) is 9.95. The Labute approximate surface area is 173 Å². The average Bonchev–Trinajstić information content (AvgIpc) is 2.88. The van der Waals surface area contributed by atoms with Crippen molar-refractivity contribution < 1.29 is 18.8 Å². The molecule has 0 saturated carbocycles. The van der Waals surface area contributed by atoms with E-state index < -0.39 is 18.8 Å². The molecule has 1 aliphatic rings. The number of benzene rings is 2. The first-order chi connectivity index (χ1) is 13.5. The van der Waals surface area contributed by atoms with E-state index in [0.29, 0.717) is 0 Å². The van der Waals surface area contributed by atoms with Crippen LogP contribution in [0.5, 0.6) is 0 Å². The number of hydrogen-bond donors (Lipinski definition) is 1. The molecule has 0 atom stereocenters. The second-order valence-corrected chi connectivity index (χ2v) is 9.02. The largest absolute Gasteiger partial charge is 0.494 e. The molecule has 5 nitrogen and oxygen atoms in total. The Morgan fingerprint density at radius 2 is 1.52 bits per heavy atom. The SMILES string of the molecule is CC(C)(NC(=O)OCc1ccccc1)c1ccc(B2OC(C)(C)C(C)(C)O2)cc1. The van der Waals surface area contributed by atoms with E-state index in [2.05, 4.69) is 5.32 Å². The molecule has 2 aromatic rings. The van der Waals surface area contributed by atoms with Crippen molar-refractivity contribution in [3.8, 4) is 0 Å². The van der Waals surface area contributed by atoms with E-state index in [9.17, 15) is 4.79 Å². The molecular formula is C23H30BNO4. The number of carbonyl (C=O) groups is 1. The third kappa shape index (κ3) is 4.82. The van der Waals surface area contributed by atoms with E-state index in [1.807, 2.05) is 96.1 Å². The summed E-state index contributed by atoms with van der Waals surface area (Å²) in [6, 6.07) is 17.5. The summed E-state index contributed by atoms with van der Waals surface area (Å²) < 4.78 is 17.6. The lowest BCUT2D eigenvalue weighted by molar-refractivity contribution is 0.00578. The van der Waals surface area contributed by atoms with Gasteiger partial charge in [-0.2, -0.15) is 0 Å². The number of ether oxygens (including phenoxy) is 1.